The average Bonchev–Trinajstić information content (AvgIpc) is 3.25. The predicted octanol–water partition coefficient (Wildman–Crippen LogP) is 4.50. The summed E-state index contributed by atoms with van der Waals surface area (Å²) in [5.74, 6) is 2.28. The van der Waals surface area contributed by atoms with Gasteiger partial charge in [0, 0.05) is 24.6 Å². The Morgan fingerprint density at radius 3 is 2.32 bits per heavy atom. The van der Waals surface area contributed by atoms with Crippen molar-refractivity contribution in [2.24, 2.45) is 0 Å². The fourth-order valence-corrected chi connectivity index (χ4v) is 3.43. The van der Waals surface area contributed by atoms with Gasteiger partial charge in [-0.3, -0.25) is 4.79 Å². The number of imidazole rings is 1. The summed E-state index contributed by atoms with van der Waals surface area (Å²) in [7, 11) is 3.23. The number of nitrogens with zero attached hydrogens (tertiary/aromatic N) is 1. The SMILES string of the molecule is COc1cc(CCC(=O)NCc2ccc(-c3nc4ccccc4[nH]3)cc2)cc(OC)c1. The molecule has 31 heavy (non-hydrogen) atoms. The number of carbonyl (C=O) groups is 1. The molecule has 6 heteroatoms. The normalized spacial score (nSPS) is 10.8. The number of methoxy groups -OCH3 is 2. The van der Waals surface area contributed by atoms with Crippen LogP contribution in [0.4, 0.5) is 0 Å². The highest BCUT2D eigenvalue weighted by Crippen LogP contribution is 2.23. The van der Waals surface area contributed by atoms with E-state index in [4.69, 9.17) is 9.47 Å². The predicted molar refractivity (Wildman–Crippen MR) is 121 cm³/mol. The van der Waals surface area contributed by atoms with Crippen LogP contribution in [0.1, 0.15) is 17.5 Å². The van der Waals surface area contributed by atoms with Gasteiger partial charge in [0.2, 0.25) is 5.91 Å². The number of fused-ring (bicyclic) bond motifs is 1. The number of ether oxygens (including phenoxy) is 2. The van der Waals surface area contributed by atoms with Crippen LogP contribution < -0.4 is 14.8 Å². The molecule has 0 saturated heterocycles. The molecule has 0 spiro atoms. The van der Waals surface area contributed by atoms with Crippen LogP contribution in [-0.2, 0) is 17.8 Å². The van der Waals surface area contributed by atoms with Gasteiger partial charge in [0.05, 0.1) is 25.3 Å². The molecule has 2 N–H and O–H groups in total. The molecular formula is C25H25N3O3. The summed E-state index contributed by atoms with van der Waals surface area (Å²) in [5, 5.41) is 2.98. The minimum Gasteiger partial charge on any atom is -0.497 e. The molecule has 1 amide bonds. The first-order valence-electron chi connectivity index (χ1n) is 10.2. The Kier molecular flexibility index (Phi) is 6.17. The van der Waals surface area contributed by atoms with Crippen LogP contribution in [0.25, 0.3) is 22.4 Å². The first-order valence-corrected chi connectivity index (χ1v) is 10.2. The second-order valence-corrected chi connectivity index (χ2v) is 7.30. The van der Waals surface area contributed by atoms with E-state index >= 15 is 0 Å². The molecule has 4 rings (SSSR count). The van der Waals surface area contributed by atoms with Gasteiger partial charge < -0.3 is 19.8 Å². The second kappa shape index (κ2) is 9.34. The van der Waals surface area contributed by atoms with E-state index in [-0.39, 0.29) is 5.91 Å². The number of nitrogens with one attached hydrogen (secondary N) is 2. The molecule has 6 nitrogen and oxygen atoms in total. The number of para-hydroxylation sites is 2. The number of amides is 1. The van der Waals surface area contributed by atoms with Crippen LogP contribution in [-0.4, -0.2) is 30.1 Å². The van der Waals surface area contributed by atoms with Crippen LogP contribution in [0.2, 0.25) is 0 Å². The number of aromatic nitrogens is 2. The minimum atomic E-state index is 0.00291. The summed E-state index contributed by atoms with van der Waals surface area (Å²) in [6, 6.07) is 21.7. The topological polar surface area (TPSA) is 76.2 Å². The Morgan fingerprint density at radius 2 is 1.65 bits per heavy atom. The lowest BCUT2D eigenvalue weighted by Gasteiger charge is -2.09. The number of rotatable bonds is 8. The van der Waals surface area contributed by atoms with Gasteiger partial charge in [-0.25, -0.2) is 4.98 Å². The van der Waals surface area contributed by atoms with Gasteiger partial charge in [-0.05, 0) is 41.8 Å². The average molecular weight is 415 g/mol. The summed E-state index contributed by atoms with van der Waals surface area (Å²) < 4.78 is 10.6. The number of aryl methyl sites for hydroxylation is 1. The van der Waals surface area contributed by atoms with Crippen LogP contribution in [0.5, 0.6) is 11.5 Å². The van der Waals surface area contributed by atoms with Crippen molar-refractivity contribution in [3.05, 3.63) is 77.9 Å². The molecule has 1 aromatic heterocycles. The van der Waals surface area contributed by atoms with E-state index < -0.39 is 0 Å². The molecule has 0 fully saturated rings. The van der Waals surface area contributed by atoms with Crippen molar-refractivity contribution in [2.75, 3.05) is 14.2 Å². The van der Waals surface area contributed by atoms with E-state index in [2.05, 4.69) is 15.3 Å². The molecule has 0 aliphatic rings. The first-order chi connectivity index (χ1) is 15.1. The van der Waals surface area contributed by atoms with Gasteiger partial charge in [-0.1, -0.05) is 36.4 Å². The molecule has 158 valence electrons. The molecular weight excluding hydrogens is 390 g/mol. The molecule has 3 aromatic carbocycles. The maximum atomic E-state index is 12.3. The van der Waals surface area contributed by atoms with Crippen molar-refractivity contribution in [3.63, 3.8) is 0 Å². The zero-order valence-corrected chi connectivity index (χ0v) is 17.6. The van der Waals surface area contributed by atoms with Crippen LogP contribution in [0.15, 0.2) is 66.7 Å². The Labute approximate surface area is 181 Å². The second-order valence-electron chi connectivity index (χ2n) is 7.30. The summed E-state index contributed by atoms with van der Waals surface area (Å²) in [4.78, 5) is 20.3. The van der Waals surface area contributed by atoms with Crippen molar-refractivity contribution in [2.45, 2.75) is 19.4 Å². The van der Waals surface area contributed by atoms with E-state index in [1.54, 1.807) is 14.2 Å². The number of H-pyrrole nitrogens is 1. The number of hydrogen-bond donors (Lipinski definition) is 2. The third kappa shape index (κ3) is 5.04. The van der Waals surface area contributed by atoms with Gasteiger partial charge in [-0.2, -0.15) is 0 Å². The zero-order valence-electron chi connectivity index (χ0n) is 17.6. The third-order valence-electron chi connectivity index (χ3n) is 5.16. The summed E-state index contributed by atoms with van der Waals surface area (Å²) in [6.07, 6.45) is 1.01. The van der Waals surface area contributed by atoms with Crippen molar-refractivity contribution in [1.82, 2.24) is 15.3 Å². The fraction of sp³-hybridized carbons (Fsp3) is 0.200. The minimum absolute atomic E-state index is 0.00291. The van der Waals surface area contributed by atoms with E-state index in [1.165, 1.54) is 0 Å². The van der Waals surface area contributed by atoms with E-state index in [1.807, 2.05) is 66.7 Å². The largest absolute Gasteiger partial charge is 0.497 e. The van der Waals surface area contributed by atoms with Crippen molar-refractivity contribution >= 4 is 16.9 Å². The molecule has 0 saturated carbocycles. The molecule has 0 aliphatic carbocycles. The number of aromatic amines is 1. The van der Waals surface area contributed by atoms with Crippen LogP contribution in [0.3, 0.4) is 0 Å². The Morgan fingerprint density at radius 1 is 0.935 bits per heavy atom. The molecule has 0 aliphatic heterocycles. The molecule has 0 unspecified atom stereocenters. The Balaban J connectivity index is 1.31. The van der Waals surface area contributed by atoms with Gasteiger partial charge in [0.15, 0.2) is 0 Å². The third-order valence-corrected chi connectivity index (χ3v) is 5.16. The van der Waals surface area contributed by atoms with Crippen molar-refractivity contribution < 1.29 is 14.3 Å². The van der Waals surface area contributed by atoms with Crippen LogP contribution in [0, 0.1) is 0 Å². The number of benzene rings is 3. The lowest BCUT2D eigenvalue weighted by atomic mass is 10.1. The summed E-state index contributed by atoms with van der Waals surface area (Å²) in [6.45, 7) is 0.487. The smallest absolute Gasteiger partial charge is 0.220 e. The summed E-state index contributed by atoms with van der Waals surface area (Å²) >= 11 is 0. The first kappa shape index (κ1) is 20.5. The van der Waals surface area contributed by atoms with Crippen molar-refractivity contribution in [3.8, 4) is 22.9 Å². The molecule has 0 bridgehead atoms. The highest BCUT2D eigenvalue weighted by atomic mass is 16.5. The molecule has 4 aromatic rings. The van der Waals surface area contributed by atoms with Gasteiger partial charge in [0.25, 0.3) is 0 Å². The lowest BCUT2D eigenvalue weighted by Crippen LogP contribution is -2.22. The standard InChI is InChI=1S/C25H25N3O3/c1-30-20-13-18(14-21(15-20)31-2)9-12-24(29)26-16-17-7-10-19(11-8-17)25-27-22-5-3-4-6-23(22)28-25/h3-8,10-11,13-15H,9,12,16H2,1-2H3,(H,26,29)(H,27,28). The lowest BCUT2D eigenvalue weighted by molar-refractivity contribution is -0.121. The van der Waals surface area contributed by atoms with E-state index in [0.717, 1.165) is 45.0 Å². The fourth-order valence-electron chi connectivity index (χ4n) is 3.43. The van der Waals surface area contributed by atoms with Gasteiger partial charge >= 0.3 is 0 Å². The number of hydrogen-bond acceptors (Lipinski definition) is 4. The Bertz CT molecular complexity index is 1130. The Hall–Kier alpha value is -3.80. The molecule has 1 heterocycles. The highest BCUT2D eigenvalue weighted by Gasteiger charge is 2.07. The maximum Gasteiger partial charge on any atom is 0.220 e. The number of carbonyl (C=O) groups excluding carboxylic acids is 1. The molecule has 0 atom stereocenters. The maximum absolute atomic E-state index is 12.3. The summed E-state index contributed by atoms with van der Waals surface area (Å²) in [5.41, 5.74) is 5.01. The molecule has 0 radical (unpaired) electrons. The zero-order chi connectivity index (χ0) is 21.6. The van der Waals surface area contributed by atoms with Crippen LogP contribution >= 0.6 is 0 Å². The quantitative estimate of drug-likeness (QED) is 0.444. The van der Waals surface area contributed by atoms with E-state index in [9.17, 15) is 4.79 Å². The monoisotopic (exact) mass is 415 g/mol. The highest BCUT2D eigenvalue weighted by molar-refractivity contribution is 5.79. The van der Waals surface area contributed by atoms with Gasteiger partial charge in [0.1, 0.15) is 17.3 Å². The van der Waals surface area contributed by atoms with Crippen molar-refractivity contribution in [1.29, 1.82) is 0 Å². The van der Waals surface area contributed by atoms with E-state index in [0.29, 0.717) is 19.4 Å². The van der Waals surface area contributed by atoms with Gasteiger partial charge in [-0.15, -0.1) is 0 Å².